The van der Waals surface area contributed by atoms with Crippen molar-refractivity contribution in [3.63, 3.8) is 0 Å². The molecule has 0 radical (unpaired) electrons. The molecule has 1 atom stereocenters. The van der Waals surface area contributed by atoms with Crippen molar-refractivity contribution in [2.45, 2.75) is 25.0 Å². The summed E-state index contributed by atoms with van der Waals surface area (Å²) in [5.74, 6) is -0.350. The molecule has 0 saturated carbocycles. The summed E-state index contributed by atoms with van der Waals surface area (Å²) in [6.07, 6.45) is -6.38. The SMILES string of the molecule is C=CC[C@@H](N)c1cccc(OC(F)(F)C(F)F)c1. The molecule has 2 nitrogen and oxygen atoms in total. The molecule has 6 heteroatoms. The Kier molecular flexibility index (Phi) is 4.72. The molecule has 0 saturated heterocycles. The van der Waals surface area contributed by atoms with Gasteiger partial charge in [0, 0.05) is 6.04 Å². The van der Waals surface area contributed by atoms with E-state index in [9.17, 15) is 17.6 Å². The predicted octanol–water partition coefficient (Wildman–Crippen LogP) is 3.50. The molecule has 2 N–H and O–H groups in total. The second kappa shape index (κ2) is 5.86. The van der Waals surface area contributed by atoms with Crippen LogP contribution in [0.1, 0.15) is 18.0 Å². The molecule has 100 valence electrons. The number of hydrogen-bond acceptors (Lipinski definition) is 2. The fourth-order valence-corrected chi connectivity index (χ4v) is 1.33. The molecule has 0 aliphatic rings. The van der Waals surface area contributed by atoms with Crippen LogP contribution < -0.4 is 10.5 Å². The first kappa shape index (κ1) is 14.5. The Morgan fingerprint density at radius 1 is 1.39 bits per heavy atom. The highest BCUT2D eigenvalue weighted by Gasteiger charge is 2.43. The van der Waals surface area contributed by atoms with Crippen LogP contribution in [0.15, 0.2) is 36.9 Å². The zero-order valence-corrected chi connectivity index (χ0v) is 9.45. The molecule has 0 spiro atoms. The van der Waals surface area contributed by atoms with Crippen LogP contribution >= 0.6 is 0 Å². The van der Waals surface area contributed by atoms with Gasteiger partial charge in [-0.25, -0.2) is 0 Å². The lowest BCUT2D eigenvalue weighted by Crippen LogP contribution is -2.33. The highest BCUT2D eigenvalue weighted by atomic mass is 19.3. The summed E-state index contributed by atoms with van der Waals surface area (Å²) in [7, 11) is 0. The van der Waals surface area contributed by atoms with Gasteiger partial charge in [-0.1, -0.05) is 18.2 Å². The van der Waals surface area contributed by atoms with E-state index in [0.717, 1.165) is 0 Å². The minimum Gasteiger partial charge on any atom is -0.428 e. The molecule has 0 heterocycles. The molecule has 0 aromatic heterocycles. The molecule has 0 unspecified atom stereocenters. The zero-order chi connectivity index (χ0) is 13.8. The Morgan fingerprint density at radius 3 is 2.61 bits per heavy atom. The first-order chi connectivity index (χ1) is 8.36. The Labute approximate surface area is 102 Å². The van der Waals surface area contributed by atoms with Crippen molar-refractivity contribution in [1.29, 1.82) is 0 Å². The van der Waals surface area contributed by atoms with Crippen LogP contribution in [0.3, 0.4) is 0 Å². The molecule has 0 aliphatic heterocycles. The first-order valence-corrected chi connectivity index (χ1v) is 5.18. The lowest BCUT2D eigenvalue weighted by atomic mass is 10.0. The number of benzene rings is 1. The lowest BCUT2D eigenvalue weighted by molar-refractivity contribution is -0.253. The number of alkyl halides is 4. The number of nitrogens with two attached hydrogens (primary N) is 1. The van der Waals surface area contributed by atoms with Crippen LogP contribution in [0.4, 0.5) is 17.6 Å². The molecule has 0 amide bonds. The molecule has 1 aromatic carbocycles. The van der Waals surface area contributed by atoms with E-state index in [1.54, 1.807) is 12.1 Å². The van der Waals surface area contributed by atoms with E-state index in [1.807, 2.05) is 0 Å². The van der Waals surface area contributed by atoms with Crippen molar-refractivity contribution in [3.8, 4) is 5.75 Å². The lowest BCUT2D eigenvalue weighted by Gasteiger charge is -2.18. The Balaban J connectivity index is 2.85. The van der Waals surface area contributed by atoms with Gasteiger partial charge in [0.2, 0.25) is 0 Å². The van der Waals surface area contributed by atoms with E-state index in [0.29, 0.717) is 12.0 Å². The molecule has 0 aliphatic carbocycles. The second-order valence-electron chi connectivity index (χ2n) is 3.67. The van der Waals surface area contributed by atoms with Gasteiger partial charge in [-0.3, -0.25) is 0 Å². The normalized spacial score (nSPS) is 13.4. The largest absolute Gasteiger partial charge is 0.461 e. The Morgan fingerprint density at radius 2 is 2.06 bits per heavy atom. The van der Waals surface area contributed by atoms with E-state index >= 15 is 0 Å². The van der Waals surface area contributed by atoms with Gasteiger partial charge >= 0.3 is 12.5 Å². The van der Waals surface area contributed by atoms with Gasteiger partial charge in [0.05, 0.1) is 0 Å². The fourth-order valence-electron chi connectivity index (χ4n) is 1.33. The summed E-state index contributed by atoms with van der Waals surface area (Å²) in [5, 5.41) is 0. The van der Waals surface area contributed by atoms with Gasteiger partial charge in [0.15, 0.2) is 0 Å². The highest BCUT2D eigenvalue weighted by Crippen LogP contribution is 2.29. The van der Waals surface area contributed by atoms with Gasteiger partial charge in [-0.2, -0.15) is 17.6 Å². The van der Waals surface area contributed by atoms with Gasteiger partial charge in [0.1, 0.15) is 5.75 Å². The Bertz CT molecular complexity index is 409. The zero-order valence-electron chi connectivity index (χ0n) is 9.45. The van der Waals surface area contributed by atoms with Crippen molar-refractivity contribution < 1.29 is 22.3 Å². The topological polar surface area (TPSA) is 35.2 Å². The average Bonchev–Trinajstić information content (AvgIpc) is 2.29. The molecular formula is C12H13F4NO. The van der Waals surface area contributed by atoms with Crippen molar-refractivity contribution in [3.05, 3.63) is 42.5 Å². The summed E-state index contributed by atoms with van der Waals surface area (Å²) in [5.41, 5.74) is 6.25. The van der Waals surface area contributed by atoms with Crippen LogP contribution in [0.2, 0.25) is 0 Å². The summed E-state index contributed by atoms with van der Waals surface area (Å²) in [4.78, 5) is 0. The molecule has 0 bridgehead atoms. The van der Waals surface area contributed by atoms with Crippen LogP contribution in [0, 0.1) is 0 Å². The minimum absolute atomic E-state index is 0.350. The third kappa shape index (κ3) is 3.73. The van der Waals surface area contributed by atoms with E-state index in [-0.39, 0.29) is 5.75 Å². The van der Waals surface area contributed by atoms with E-state index in [1.165, 1.54) is 18.2 Å². The predicted molar refractivity (Wildman–Crippen MR) is 59.8 cm³/mol. The summed E-state index contributed by atoms with van der Waals surface area (Å²) < 4.78 is 53.3. The highest BCUT2D eigenvalue weighted by molar-refractivity contribution is 5.31. The fraction of sp³-hybridized carbons (Fsp3) is 0.333. The molecule has 18 heavy (non-hydrogen) atoms. The van der Waals surface area contributed by atoms with Crippen molar-refractivity contribution in [2.24, 2.45) is 5.73 Å². The molecule has 1 rings (SSSR count). The third-order valence-electron chi connectivity index (χ3n) is 2.21. The van der Waals surface area contributed by atoms with Crippen molar-refractivity contribution >= 4 is 0 Å². The monoisotopic (exact) mass is 263 g/mol. The van der Waals surface area contributed by atoms with Gasteiger partial charge in [-0.15, -0.1) is 6.58 Å². The smallest absolute Gasteiger partial charge is 0.428 e. The minimum atomic E-state index is -4.51. The molecule has 0 fully saturated rings. The van der Waals surface area contributed by atoms with Crippen LogP contribution in [0.25, 0.3) is 0 Å². The second-order valence-corrected chi connectivity index (χ2v) is 3.67. The summed E-state index contributed by atoms with van der Waals surface area (Å²) in [6, 6.07) is 4.95. The Hall–Kier alpha value is -1.56. The van der Waals surface area contributed by atoms with Crippen LogP contribution in [0.5, 0.6) is 5.75 Å². The van der Waals surface area contributed by atoms with E-state index < -0.39 is 18.6 Å². The van der Waals surface area contributed by atoms with Gasteiger partial charge < -0.3 is 10.5 Å². The van der Waals surface area contributed by atoms with E-state index in [2.05, 4.69) is 11.3 Å². The van der Waals surface area contributed by atoms with Crippen molar-refractivity contribution in [2.75, 3.05) is 0 Å². The van der Waals surface area contributed by atoms with Gasteiger partial charge in [-0.05, 0) is 24.1 Å². The van der Waals surface area contributed by atoms with Gasteiger partial charge in [0.25, 0.3) is 0 Å². The standard InChI is InChI=1S/C12H13F4NO/c1-2-4-10(17)8-5-3-6-9(7-8)18-12(15,16)11(13)14/h2-3,5-7,10-11H,1,4,17H2/t10-/m1/s1. The number of halogens is 4. The maximum absolute atomic E-state index is 12.7. The van der Waals surface area contributed by atoms with Crippen LogP contribution in [-0.4, -0.2) is 12.5 Å². The molecule has 1 aromatic rings. The van der Waals surface area contributed by atoms with E-state index in [4.69, 9.17) is 5.73 Å². The average molecular weight is 263 g/mol. The number of ether oxygens (including phenoxy) is 1. The van der Waals surface area contributed by atoms with Crippen molar-refractivity contribution in [1.82, 2.24) is 0 Å². The van der Waals surface area contributed by atoms with Crippen LogP contribution in [-0.2, 0) is 0 Å². The molecular weight excluding hydrogens is 250 g/mol. The summed E-state index contributed by atoms with van der Waals surface area (Å²) in [6.45, 7) is 3.50. The third-order valence-corrected chi connectivity index (χ3v) is 2.21. The maximum Gasteiger partial charge on any atom is 0.461 e. The number of rotatable bonds is 6. The summed E-state index contributed by atoms with van der Waals surface area (Å²) >= 11 is 0. The maximum atomic E-state index is 12.7. The quantitative estimate of drug-likeness (QED) is 0.629. The number of hydrogen-bond donors (Lipinski definition) is 1. The first-order valence-electron chi connectivity index (χ1n) is 5.18.